The van der Waals surface area contributed by atoms with Gasteiger partial charge < -0.3 is 15.7 Å². The lowest BCUT2D eigenvalue weighted by molar-refractivity contribution is -0.143. The van der Waals surface area contributed by atoms with Crippen LogP contribution in [-0.4, -0.2) is 34.0 Å². The first-order chi connectivity index (χ1) is 12.0. The molecular weight excluding hydrogens is 322 g/mol. The Balaban J connectivity index is 1.44. The van der Waals surface area contributed by atoms with Gasteiger partial charge >= 0.3 is 6.03 Å². The number of nitrogens with zero attached hydrogens (tertiary/aromatic N) is 1. The Hall–Kier alpha value is -2.83. The third-order valence-electron chi connectivity index (χ3n) is 5.38. The van der Waals surface area contributed by atoms with Crippen LogP contribution in [0.2, 0.25) is 0 Å². The van der Waals surface area contributed by atoms with Crippen molar-refractivity contribution in [2.45, 2.75) is 19.5 Å². The Bertz CT molecular complexity index is 760. The lowest BCUT2D eigenvalue weighted by Gasteiger charge is -2.25. The SMILES string of the molecule is C[C@H](NC(=O)Nc1ccccc1O)N1C(=O)[C@H]2[C@H](C1=O)[C@H]1C=C[C@H]2C1. The molecule has 1 aromatic carbocycles. The first kappa shape index (κ1) is 15.7. The molecule has 2 fully saturated rings. The van der Waals surface area contributed by atoms with Gasteiger partial charge in [0.15, 0.2) is 0 Å². The van der Waals surface area contributed by atoms with Crippen molar-refractivity contribution in [3.63, 3.8) is 0 Å². The number of imide groups is 1. The number of carbonyl (C=O) groups is 3. The zero-order valence-electron chi connectivity index (χ0n) is 13.7. The number of likely N-dealkylation sites (tertiary alicyclic amines) is 1. The lowest BCUT2D eigenvalue weighted by Crippen LogP contribution is -2.51. The average Bonchev–Trinajstić information content (AvgIpc) is 3.23. The summed E-state index contributed by atoms with van der Waals surface area (Å²) in [5.74, 6) is -0.765. The van der Waals surface area contributed by atoms with Crippen LogP contribution in [0.25, 0.3) is 0 Å². The molecule has 2 bridgehead atoms. The van der Waals surface area contributed by atoms with Crippen LogP contribution in [0.4, 0.5) is 10.5 Å². The van der Waals surface area contributed by atoms with Crippen LogP contribution in [0.5, 0.6) is 5.75 Å². The van der Waals surface area contributed by atoms with E-state index in [0.717, 1.165) is 6.42 Å². The van der Waals surface area contributed by atoms with Crippen LogP contribution in [0, 0.1) is 23.7 Å². The molecule has 5 atom stereocenters. The number of para-hydroxylation sites is 2. The molecule has 7 nitrogen and oxygen atoms in total. The van der Waals surface area contributed by atoms with Crippen molar-refractivity contribution in [2.24, 2.45) is 23.7 Å². The van der Waals surface area contributed by atoms with E-state index >= 15 is 0 Å². The van der Waals surface area contributed by atoms with Crippen LogP contribution in [0.15, 0.2) is 36.4 Å². The molecule has 1 aliphatic heterocycles. The van der Waals surface area contributed by atoms with E-state index in [1.807, 2.05) is 12.2 Å². The second-order valence-electron chi connectivity index (χ2n) is 6.84. The van der Waals surface area contributed by atoms with Gasteiger partial charge in [-0.05, 0) is 37.3 Å². The minimum atomic E-state index is -0.754. The maximum Gasteiger partial charge on any atom is 0.320 e. The number of phenols is 1. The molecule has 4 amide bonds. The van der Waals surface area contributed by atoms with Crippen LogP contribution in [0.1, 0.15) is 13.3 Å². The topological polar surface area (TPSA) is 98.7 Å². The van der Waals surface area contributed by atoms with Crippen molar-refractivity contribution in [1.82, 2.24) is 10.2 Å². The highest BCUT2D eigenvalue weighted by atomic mass is 16.3. The largest absolute Gasteiger partial charge is 0.506 e. The van der Waals surface area contributed by atoms with Crippen molar-refractivity contribution in [3.8, 4) is 5.75 Å². The smallest absolute Gasteiger partial charge is 0.320 e. The van der Waals surface area contributed by atoms with Crippen LogP contribution in [0.3, 0.4) is 0 Å². The Morgan fingerprint density at radius 2 is 1.76 bits per heavy atom. The second-order valence-corrected chi connectivity index (χ2v) is 6.84. The summed E-state index contributed by atoms with van der Waals surface area (Å²) in [6.07, 6.45) is 4.18. The van der Waals surface area contributed by atoms with E-state index in [-0.39, 0.29) is 46.9 Å². The van der Waals surface area contributed by atoms with E-state index < -0.39 is 12.2 Å². The number of hydrogen-bond acceptors (Lipinski definition) is 4. The third-order valence-corrected chi connectivity index (χ3v) is 5.38. The zero-order valence-corrected chi connectivity index (χ0v) is 13.7. The normalized spacial score (nSPS) is 30.5. The molecule has 1 saturated carbocycles. The van der Waals surface area contributed by atoms with Crippen molar-refractivity contribution < 1.29 is 19.5 Å². The molecule has 1 saturated heterocycles. The minimum absolute atomic E-state index is 0.0594. The summed E-state index contributed by atoms with van der Waals surface area (Å²) in [7, 11) is 0. The molecule has 3 N–H and O–H groups in total. The average molecular weight is 341 g/mol. The van der Waals surface area contributed by atoms with E-state index in [1.165, 1.54) is 11.0 Å². The molecule has 130 valence electrons. The van der Waals surface area contributed by atoms with E-state index in [1.54, 1.807) is 25.1 Å². The molecule has 25 heavy (non-hydrogen) atoms. The van der Waals surface area contributed by atoms with Gasteiger partial charge in [-0.15, -0.1) is 0 Å². The number of hydrogen-bond donors (Lipinski definition) is 3. The van der Waals surface area contributed by atoms with E-state index in [2.05, 4.69) is 10.6 Å². The Labute approximate surface area is 144 Å². The molecule has 2 aliphatic carbocycles. The summed E-state index contributed by atoms with van der Waals surface area (Å²) in [6, 6.07) is 5.74. The molecule has 0 radical (unpaired) electrons. The molecule has 0 aromatic heterocycles. The number of urea groups is 1. The van der Waals surface area contributed by atoms with Gasteiger partial charge in [-0.1, -0.05) is 24.3 Å². The predicted octanol–water partition coefficient (Wildman–Crippen LogP) is 1.67. The quantitative estimate of drug-likeness (QED) is 0.442. The van der Waals surface area contributed by atoms with Crippen LogP contribution in [-0.2, 0) is 9.59 Å². The Morgan fingerprint density at radius 3 is 2.36 bits per heavy atom. The van der Waals surface area contributed by atoms with Gasteiger partial charge in [-0.25, -0.2) is 4.79 Å². The number of carbonyl (C=O) groups excluding carboxylic acids is 3. The molecule has 1 heterocycles. The van der Waals surface area contributed by atoms with Gasteiger partial charge in [-0.3, -0.25) is 14.5 Å². The van der Waals surface area contributed by atoms with Crippen molar-refractivity contribution in [1.29, 1.82) is 0 Å². The Kier molecular flexibility index (Phi) is 3.52. The maximum atomic E-state index is 12.7. The standard InChI is InChI=1S/C18H19N3O4/c1-9(19-18(25)20-12-4-2-3-5-13(12)22)21-16(23)14-10-6-7-11(8-10)15(14)17(21)24/h2-7,9-11,14-15,22H,8H2,1H3,(H2,19,20,25)/t9-,10+,11+,14-,15-/m1/s1. The number of benzene rings is 1. The molecule has 1 aromatic rings. The highest BCUT2D eigenvalue weighted by molar-refractivity contribution is 6.07. The van der Waals surface area contributed by atoms with E-state index in [4.69, 9.17) is 0 Å². The fourth-order valence-electron chi connectivity index (χ4n) is 4.30. The van der Waals surface area contributed by atoms with Crippen molar-refractivity contribution in [2.75, 3.05) is 5.32 Å². The van der Waals surface area contributed by atoms with Crippen molar-refractivity contribution >= 4 is 23.5 Å². The van der Waals surface area contributed by atoms with E-state index in [0.29, 0.717) is 0 Å². The first-order valence-electron chi connectivity index (χ1n) is 8.38. The number of allylic oxidation sites excluding steroid dienone is 2. The highest BCUT2D eigenvalue weighted by Gasteiger charge is 2.60. The molecule has 0 spiro atoms. The van der Waals surface area contributed by atoms with Gasteiger partial charge in [0.25, 0.3) is 0 Å². The summed E-state index contributed by atoms with van der Waals surface area (Å²) in [6.45, 7) is 1.61. The van der Waals surface area contributed by atoms with Crippen LogP contribution >= 0.6 is 0 Å². The second kappa shape index (κ2) is 5.61. The molecule has 7 heteroatoms. The molecule has 4 rings (SSSR count). The number of aromatic hydroxyl groups is 1. The van der Waals surface area contributed by atoms with Gasteiger partial charge in [0, 0.05) is 0 Å². The van der Waals surface area contributed by atoms with E-state index in [9.17, 15) is 19.5 Å². The highest BCUT2D eigenvalue weighted by Crippen LogP contribution is 2.52. The fraction of sp³-hybridized carbons (Fsp3) is 0.389. The molecular formula is C18H19N3O4. The molecule has 3 aliphatic rings. The minimum Gasteiger partial charge on any atom is -0.506 e. The van der Waals surface area contributed by atoms with Gasteiger partial charge in [0.2, 0.25) is 11.8 Å². The van der Waals surface area contributed by atoms with Gasteiger partial charge in [0.05, 0.1) is 17.5 Å². The Morgan fingerprint density at radius 1 is 1.16 bits per heavy atom. The number of nitrogens with one attached hydrogen (secondary N) is 2. The summed E-state index contributed by atoms with van der Waals surface area (Å²) in [5.41, 5.74) is 0.255. The number of rotatable bonds is 3. The zero-order chi connectivity index (χ0) is 17.7. The fourth-order valence-corrected chi connectivity index (χ4v) is 4.30. The first-order valence-corrected chi connectivity index (χ1v) is 8.38. The summed E-state index contributed by atoms with van der Waals surface area (Å²) in [5, 5.41) is 14.8. The van der Waals surface area contributed by atoms with Crippen LogP contribution < -0.4 is 10.6 Å². The van der Waals surface area contributed by atoms with Gasteiger partial charge in [0.1, 0.15) is 11.9 Å². The summed E-state index contributed by atoms with van der Waals surface area (Å²) in [4.78, 5) is 38.7. The summed E-state index contributed by atoms with van der Waals surface area (Å²) >= 11 is 0. The van der Waals surface area contributed by atoms with Gasteiger partial charge in [-0.2, -0.15) is 0 Å². The number of phenolic OH excluding ortho intramolecular Hbond substituents is 1. The van der Waals surface area contributed by atoms with Crippen molar-refractivity contribution in [3.05, 3.63) is 36.4 Å². The third kappa shape index (κ3) is 2.38. The number of anilines is 1. The molecule has 0 unspecified atom stereocenters. The number of fused-ring (bicyclic) bond motifs is 5. The summed E-state index contributed by atoms with van der Waals surface area (Å²) < 4.78 is 0. The predicted molar refractivity (Wildman–Crippen MR) is 89.3 cm³/mol. The number of amides is 4. The lowest BCUT2D eigenvalue weighted by atomic mass is 9.85. The monoisotopic (exact) mass is 341 g/mol. The maximum absolute atomic E-state index is 12.7.